The van der Waals surface area contributed by atoms with Crippen LogP contribution < -0.4 is 4.83 Å². The van der Waals surface area contributed by atoms with Gasteiger partial charge in [-0.05, 0) is 31.9 Å². The molecule has 0 radical (unpaired) electrons. The first-order valence-electron chi connectivity index (χ1n) is 5.79. The standard InChI is InChI=1S/C12H16N2O3S/c1-10-4-6-12(7-5-10)18(15,16)14-13-11-3-2-8-17-9-11/h4-7,14H,2-3,8-9H2,1H3/b13-11-. The molecular formula is C12H16N2O3S. The summed E-state index contributed by atoms with van der Waals surface area (Å²) in [6, 6.07) is 6.64. The van der Waals surface area contributed by atoms with Gasteiger partial charge in [0.25, 0.3) is 10.0 Å². The zero-order valence-electron chi connectivity index (χ0n) is 10.2. The maximum absolute atomic E-state index is 11.9. The largest absolute Gasteiger partial charge is 0.375 e. The lowest BCUT2D eigenvalue weighted by Gasteiger charge is -2.13. The van der Waals surface area contributed by atoms with E-state index in [1.54, 1.807) is 24.3 Å². The van der Waals surface area contributed by atoms with Gasteiger partial charge in [0.2, 0.25) is 0 Å². The first kappa shape index (κ1) is 13.0. The first-order chi connectivity index (χ1) is 8.58. The van der Waals surface area contributed by atoms with E-state index < -0.39 is 10.0 Å². The number of hydrazone groups is 1. The van der Waals surface area contributed by atoms with Crippen LogP contribution in [0.2, 0.25) is 0 Å². The van der Waals surface area contributed by atoms with Crippen molar-refractivity contribution in [2.45, 2.75) is 24.7 Å². The van der Waals surface area contributed by atoms with Gasteiger partial charge in [-0.3, -0.25) is 0 Å². The van der Waals surface area contributed by atoms with Gasteiger partial charge < -0.3 is 4.74 Å². The summed E-state index contributed by atoms with van der Waals surface area (Å²) in [5, 5.41) is 3.91. The maximum Gasteiger partial charge on any atom is 0.276 e. The fraction of sp³-hybridized carbons (Fsp3) is 0.417. The molecular weight excluding hydrogens is 252 g/mol. The molecule has 1 aliphatic rings. The molecule has 18 heavy (non-hydrogen) atoms. The number of hydrogen-bond acceptors (Lipinski definition) is 4. The molecule has 1 N–H and O–H groups in total. The predicted octanol–water partition coefficient (Wildman–Crippen LogP) is 1.44. The van der Waals surface area contributed by atoms with Gasteiger partial charge in [0.05, 0.1) is 17.2 Å². The van der Waals surface area contributed by atoms with Gasteiger partial charge >= 0.3 is 0 Å². The Kier molecular flexibility index (Phi) is 3.98. The average molecular weight is 268 g/mol. The SMILES string of the molecule is Cc1ccc(S(=O)(=O)N/N=C2/CCCOC2)cc1. The van der Waals surface area contributed by atoms with E-state index in [0.29, 0.717) is 13.2 Å². The molecule has 1 fully saturated rings. The molecule has 0 unspecified atom stereocenters. The lowest BCUT2D eigenvalue weighted by atomic mass is 10.2. The molecule has 5 nitrogen and oxygen atoms in total. The summed E-state index contributed by atoms with van der Waals surface area (Å²) in [6.45, 7) is 3.02. The summed E-state index contributed by atoms with van der Waals surface area (Å²) in [7, 11) is -3.57. The van der Waals surface area contributed by atoms with Crippen LogP contribution in [0.4, 0.5) is 0 Å². The van der Waals surface area contributed by atoms with Crippen LogP contribution >= 0.6 is 0 Å². The van der Waals surface area contributed by atoms with Crippen LogP contribution in [0.3, 0.4) is 0 Å². The lowest BCUT2D eigenvalue weighted by molar-refractivity contribution is 0.154. The highest BCUT2D eigenvalue weighted by atomic mass is 32.2. The summed E-state index contributed by atoms with van der Waals surface area (Å²) in [4.78, 5) is 2.46. The third-order valence-electron chi connectivity index (χ3n) is 2.68. The van der Waals surface area contributed by atoms with E-state index in [2.05, 4.69) is 9.93 Å². The van der Waals surface area contributed by atoms with Crippen molar-refractivity contribution in [3.63, 3.8) is 0 Å². The summed E-state index contributed by atoms with van der Waals surface area (Å²) in [5.74, 6) is 0. The molecule has 0 aliphatic carbocycles. The Balaban J connectivity index is 2.09. The molecule has 6 heteroatoms. The smallest absolute Gasteiger partial charge is 0.276 e. The van der Waals surface area contributed by atoms with E-state index in [0.717, 1.165) is 24.1 Å². The Bertz CT molecular complexity index is 527. The fourth-order valence-electron chi connectivity index (χ4n) is 1.62. The first-order valence-corrected chi connectivity index (χ1v) is 7.28. The molecule has 0 spiro atoms. The van der Waals surface area contributed by atoms with Crippen LogP contribution in [-0.4, -0.2) is 27.3 Å². The molecule has 2 rings (SSSR count). The molecule has 1 saturated heterocycles. The van der Waals surface area contributed by atoms with Gasteiger partial charge in [-0.2, -0.15) is 13.5 Å². The van der Waals surface area contributed by atoms with Crippen molar-refractivity contribution in [2.24, 2.45) is 5.10 Å². The highest BCUT2D eigenvalue weighted by molar-refractivity contribution is 7.89. The van der Waals surface area contributed by atoms with Crippen molar-refractivity contribution in [3.05, 3.63) is 29.8 Å². The topological polar surface area (TPSA) is 67.8 Å². The van der Waals surface area contributed by atoms with Crippen LogP contribution in [0.15, 0.2) is 34.3 Å². The Labute approximate surface area is 107 Å². The number of nitrogens with zero attached hydrogens (tertiary/aromatic N) is 1. The average Bonchev–Trinajstić information content (AvgIpc) is 2.38. The van der Waals surface area contributed by atoms with Gasteiger partial charge in [0.15, 0.2) is 0 Å². The van der Waals surface area contributed by atoms with Crippen molar-refractivity contribution in [2.75, 3.05) is 13.2 Å². The van der Waals surface area contributed by atoms with Gasteiger partial charge in [-0.1, -0.05) is 17.7 Å². The van der Waals surface area contributed by atoms with Crippen LogP contribution in [0.25, 0.3) is 0 Å². The van der Waals surface area contributed by atoms with E-state index >= 15 is 0 Å². The monoisotopic (exact) mass is 268 g/mol. The normalized spacial score (nSPS) is 18.8. The van der Waals surface area contributed by atoms with Crippen molar-refractivity contribution in [1.29, 1.82) is 0 Å². The Hall–Kier alpha value is -1.40. The van der Waals surface area contributed by atoms with E-state index in [-0.39, 0.29) is 4.90 Å². The number of benzene rings is 1. The molecule has 1 aromatic carbocycles. The van der Waals surface area contributed by atoms with E-state index in [1.807, 2.05) is 6.92 Å². The third kappa shape index (κ3) is 3.30. The number of hydrogen-bond donors (Lipinski definition) is 1. The molecule has 1 heterocycles. The zero-order valence-corrected chi connectivity index (χ0v) is 11.0. The highest BCUT2D eigenvalue weighted by Crippen LogP contribution is 2.10. The summed E-state index contributed by atoms with van der Waals surface area (Å²) >= 11 is 0. The number of rotatable bonds is 3. The van der Waals surface area contributed by atoms with Gasteiger partial charge in [-0.25, -0.2) is 4.83 Å². The minimum absolute atomic E-state index is 0.217. The van der Waals surface area contributed by atoms with Crippen LogP contribution in [0.1, 0.15) is 18.4 Å². The van der Waals surface area contributed by atoms with Crippen molar-refractivity contribution < 1.29 is 13.2 Å². The third-order valence-corrected chi connectivity index (χ3v) is 3.90. The molecule has 0 amide bonds. The summed E-state index contributed by atoms with van der Waals surface area (Å²) < 4.78 is 29.1. The minimum atomic E-state index is -3.57. The van der Waals surface area contributed by atoms with Crippen LogP contribution in [0, 0.1) is 6.92 Å². The zero-order chi connectivity index (χ0) is 13.0. The second-order valence-electron chi connectivity index (χ2n) is 4.24. The molecule has 98 valence electrons. The second kappa shape index (κ2) is 5.49. The maximum atomic E-state index is 11.9. The van der Waals surface area contributed by atoms with E-state index in [4.69, 9.17) is 4.74 Å². The van der Waals surface area contributed by atoms with Crippen LogP contribution in [-0.2, 0) is 14.8 Å². The van der Waals surface area contributed by atoms with Crippen molar-refractivity contribution in [3.8, 4) is 0 Å². The van der Waals surface area contributed by atoms with Gasteiger partial charge in [0, 0.05) is 6.61 Å². The van der Waals surface area contributed by atoms with Crippen molar-refractivity contribution in [1.82, 2.24) is 4.83 Å². The highest BCUT2D eigenvalue weighted by Gasteiger charge is 2.14. The number of sulfonamides is 1. The molecule has 0 saturated carbocycles. The Morgan fingerprint density at radius 1 is 1.28 bits per heavy atom. The summed E-state index contributed by atoms with van der Waals surface area (Å²) in [5.41, 5.74) is 1.75. The molecule has 0 atom stereocenters. The minimum Gasteiger partial charge on any atom is -0.375 e. The Morgan fingerprint density at radius 3 is 2.61 bits per heavy atom. The Morgan fingerprint density at radius 2 is 2.00 bits per heavy atom. The van der Waals surface area contributed by atoms with Crippen LogP contribution in [0.5, 0.6) is 0 Å². The lowest BCUT2D eigenvalue weighted by Crippen LogP contribution is -2.24. The van der Waals surface area contributed by atoms with E-state index in [1.165, 1.54) is 0 Å². The number of aryl methyl sites for hydroxylation is 1. The number of ether oxygens (including phenoxy) is 1. The molecule has 1 aromatic rings. The quantitative estimate of drug-likeness (QED) is 0.843. The summed E-state index contributed by atoms with van der Waals surface area (Å²) in [6.07, 6.45) is 1.65. The van der Waals surface area contributed by atoms with E-state index in [9.17, 15) is 8.42 Å². The van der Waals surface area contributed by atoms with Crippen molar-refractivity contribution >= 4 is 15.7 Å². The molecule has 0 aromatic heterocycles. The number of nitrogens with one attached hydrogen (secondary N) is 1. The predicted molar refractivity (Wildman–Crippen MR) is 69.0 cm³/mol. The molecule has 1 aliphatic heterocycles. The molecule has 0 bridgehead atoms. The fourth-order valence-corrected chi connectivity index (χ4v) is 2.47. The van der Waals surface area contributed by atoms with Gasteiger partial charge in [-0.15, -0.1) is 0 Å². The van der Waals surface area contributed by atoms with Gasteiger partial charge in [0.1, 0.15) is 0 Å². The second-order valence-corrected chi connectivity index (χ2v) is 5.90.